The van der Waals surface area contributed by atoms with Gasteiger partial charge in [-0.15, -0.1) is 0 Å². The molecule has 2 N–H and O–H groups in total. The molecule has 1 aromatic rings. The molecule has 2 rings (SSSR count). The third-order valence-electron chi connectivity index (χ3n) is 1.35. The first-order chi connectivity index (χ1) is 5.47. The van der Waals surface area contributed by atoms with Gasteiger partial charge in [-0.2, -0.15) is 0 Å². The van der Waals surface area contributed by atoms with Gasteiger partial charge in [0, 0.05) is 6.20 Å². The largest absolute Gasteiger partial charge is 0.316 e. The number of hydrogen-bond acceptors (Lipinski definition) is 5. The molecule has 0 saturated carbocycles. The molecular formula is C6H7N3O2. The van der Waals surface area contributed by atoms with Crippen LogP contribution >= 0.6 is 0 Å². The highest BCUT2D eigenvalue weighted by atomic mass is 17.3. The number of hydrazine groups is 1. The predicted octanol–water partition coefficient (Wildman–Crippen LogP) is -0.0852. The topological polar surface area (TPSA) is 55.4 Å². The SMILES string of the molecule is c1cnc2c(c1)OONNC2. The van der Waals surface area contributed by atoms with Crippen molar-refractivity contribution in [1.82, 2.24) is 16.0 Å². The van der Waals surface area contributed by atoms with Crippen molar-refractivity contribution >= 4 is 0 Å². The fourth-order valence-corrected chi connectivity index (χ4v) is 0.847. The van der Waals surface area contributed by atoms with E-state index < -0.39 is 0 Å². The average Bonchev–Trinajstić information content (AvgIpc) is 2.28. The minimum Gasteiger partial charge on any atom is -0.316 e. The summed E-state index contributed by atoms with van der Waals surface area (Å²) in [7, 11) is 0. The molecule has 5 nitrogen and oxygen atoms in total. The molecule has 58 valence electrons. The summed E-state index contributed by atoms with van der Waals surface area (Å²) in [6, 6.07) is 3.57. The zero-order chi connectivity index (χ0) is 7.52. The van der Waals surface area contributed by atoms with Crippen LogP contribution in [-0.4, -0.2) is 4.98 Å². The zero-order valence-corrected chi connectivity index (χ0v) is 5.70. The van der Waals surface area contributed by atoms with Gasteiger partial charge in [-0.3, -0.25) is 4.98 Å². The van der Waals surface area contributed by atoms with Crippen LogP contribution in [-0.2, 0) is 11.5 Å². The summed E-state index contributed by atoms with van der Waals surface area (Å²) in [5, 5.41) is 0. The van der Waals surface area contributed by atoms with Gasteiger partial charge in [-0.25, -0.2) is 5.43 Å². The second-order valence-electron chi connectivity index (χ2n) is 2.07. The maximum atomic E-state index is 4.81. The number of fused-ring (bicyclic) bond motifs is 1. The summed E-state index contributed by atoms with van der Waals surface area (Å²) in [6.45, 7) is 0.580. The molecule has 0 aromatic carbocycles. The molecule has 2 heterocycles. The van der Waals surface area contributed by atoms with Crippen molar-refractivity contribution in [3.05, 3.63) is 24.0 Å². The summed E-state index contributed by atoms with van der Waals surface area (Å²) in [4.78, 5) is 13.4. The zero-order valence-electron chi connectivity index (χ0n) is 5.70. The molecule has 0 radical (unpaired) electrons. The highest BCUT2D eigenvalue weighted by Gasteiger charge is 2.08. The number of pyridine rings is 1. The molecule has 1 aromatic heterocycles. The van der Waals surface area contributed by atoms with Crippen LogP contribution in [0.3, 0.4) is 0 Å². The second kappa shape index (κ2) is 2.83. The molecule has 0 unspecified atom stereocenters. The summed E-state index contributed by atoms with van der Waals surface area (Å²) in [5.41, 5.74) is 5.94. The van der Waals surface area contributed by atoms with E-state index in [4.69, 9.17) is 4.89 Å². The second-order valence-corrected chi connectivity index (χ2v) is 2.07. The first-order valence-corrected chi connectivity index (χ1v) is 3.22. The van der Waals surface area contributed by atoms with Crippen molar-refractivity contribution in [2.75, 3.05) is 0 Å². The lowest BCUT2D eigenvalue weighted by Gasteiger charge is -1.99. The quantitative estimate of drug-likeness (QED) is 0.510. The normalized spacial score (nSPS) is 16.4. The van der Waals surface area contributed by atoms with E-state index in [1.807, 2.05) is 0 Å². The molecule has 0 atom stereocenters. The lowest BCUT2D eigenvalue weighted by atomic mass is 10.3. The van der Waals surface area contributed by atoms with E-state index in [2.05, 4.69) is 21.0 Å². The first kappa shape index (κ1) is 6.53. The highest BCUT2D eigenvalue weighted by molar-refractivity contribution is 5.26. The standard InChI is InChI=1S/C6H7N3O2/c1-2-6-5(7-3-1)4-8-9-11-10-6/h1-3,8-9H,4H2. The Morgan fingerprint density at radius 2 is 2.55 bits per heavy atom. The molecule has 0 saturated heterocycles. The number of nitrogens with one attached hydrogen (secondary N) is 2. The Balaban J connectivity index is 2.33. The molecule has 1 aliphatic heterocycles. The van der Waals surface area contributed by atoms with Crippen molar-refractivity contribution in [2.45, 2.75) is 6.54 Å². The van der Waals surface area contributed by atoms with E-state index in [-0.39, 0.29) is 0 Å². The van der Waals surface area contributed by atoms with Gasteiger partial charge >= 0.3 is 0 Å². The van der Waals surface area contributed by atoms with Crippen molar-refractivity contribution in [3.63, 3.8) is 0 Å². The molecule has 0 aliphatic carbocycles. The van der Waals surface area contributed by atoms with Crippen molar-refractivity contribution < 1.29 is 9.88 Å². The van der Waals surface area contributed by atoms with Crippen LogP contribution in [0.5, 0.6) is 5.75 Å². The third kappa shape index (κ3) is 1.30. The highest BCUT2D eigenvalue weighted by Crippen LogP contribution is 2.15. The van der Waals surface area contributed by atoms with Crippen LogP contribution in [0.1, 0.15) is 5.69 Å². The smallest absolute Gasteiger partial charge is 0.190 e. The molecule has 0 fully saturated rings. The Hall–Kier alpha value is -1.17. The van der Waals surface area contributed by atoms with E-state index in [9.17, 15) is 0 Å². The summed E-state index contributed by atoms with van der Waals surface area (Å²) < 4.78 is 0. The number of rotatable bonds is 0. The monoisotopic (exact) mass is 153 g/mol. The van der Waals surface area contributed by atoms with E-state index in [0.29, 0.717) is 12.3 Å². The van der Waals surface area contributed by atoms with Gasteiger partial charge in [0.05, 0.1) is 6.54 Å². The van der Waals surface area contributed by atoms with Crippen LogP contribution in [0.4, 0.5) is 0 Å². The van der Waals surface area contributed by atoms with E-state index in [0.717, 1.165) is 5.69 Å². The molecule has 0 bridgehead atoms. The maximum absolute atomic E-state index is 4.81. The summed E-state index contributed by atoms with van der Waals surface area (Å²) in [6.07, 6.45) is 1.70. The Bertz CT molecular complexity index is 228. The van der Waals surface area contributed by atoms with Gasteiger partial charge in [-0.05, 0) is 12.1 Å². The van der Waals surface area contributed by atoms with Gasteiger partial charge in [-0.1, -0.05) is 10.6 Å². The van der Waals surface area contributed by atoms with Gasteiger partial charge in [0.15, 0.2) is 5.75 Å². The number of aromatic nitrogens is 1. The van der Waals surface area contributed by atoms with Crippen LogP contribution in [0.15, 0.2) is 18.3 Å². The minimum atomic E-state index is 0.580. The van der Waals surface area contributed by atoms with Gasteiger partial charge in [0.2, 0.25) is 0 Å². The Morgan fingerprint density at radius 3 is 3.55 bits per heavy atom. The fraction of sp³-hybridized carbons (Fsp3) is 0.167. The minimum absolute atomic E-state index is 0.580. The molecule has 5 heteroatoms. The number of nitrogens with zero attached hydrogens (tertiary/aromatic N) is 1. The van der Waals surface area contributed by atoms with Crippen molar-refractivity contribution in [2.24, 2.45) is 0 Å². The lowest BCUT2D eigenvalue weighted by molar-refractivity contribution is -0.266. The Labute approximate surface area is 63.2 Å². The maximum Gasteiger partial charge on any atom is 0.190 e. The van der Waals surface area contributed by atoms with Crippen LogP contribution in [0.25, 0.3) is 0 Å². The lowest BCUT2D eigenvalue weighted by Crippen LogP contribution is -2.29. The summed E-state index contributed by atoms with van der Waals surface area (Å²) in [5.74, 6) is 0.630. The van der Waals surface area contributed by atoms with E-state index >= 15 is 0 Å². The molecule has 0 amide bonds. The van der Waals surface area contributed by atoms with Crippen molar-refractivity contribution in [1.29, 1.82) is 0 Å². The van der Waals surface area contributed by atoms with Crippen LogP contribution in [0, 0.1) is 0 Å². The first-order valence-electron chi connectivity index (χ1n) is 3.22. The van der Waals surface area contributed by atoms with Crippen LogP contribution in [0.2, 0.25) is 0 Å². The van der Waals surface area contributed by atoms with Gasteiger partial charge < -0.3 is 4.89 Å². The third-order valence-corrected chi connectivity index (χ3v) is 1.35. The van der Waals surface area contributed by atoms with Crippen LogP contribution < -0.4 is 15.9 Å². The van der Waals surface area contributed by atoms with Gasteiger partial charge in [0.25, 0.3) is 0 Å². The molecule has 11 heavy (non-hydrogen) atoms. The van der Waals surface area contributed by atoms with Crippen molar-refractivity contribution in [3.8, 4) is 5.75 Å². The van der Waals surface area contributed by atoms with E-state index in [1.165, 1.54) is 0 Å². The average molecular weight is 153 g/mol. The van der Waals surface area contributed by atoms with Gasteiger partial charge in [0.1, 0.15) is 5.69 Å². The molecule has 1 aliphatic rings. The molecule has 0 spiro atoms. The fourth-order valence-electron chi connectivity index (χ4n) is 0.847. The summed E-state index contributed by atoms with van der Waals surface area (Å²) >= 11 is 0. The molecular weight excluding hydrogens is 146 g/mol. The van der Waals surface area contributed by atoms with E-state index in [1.54, 1.807) is 18.3 Å². The predicted molar refractivity (Wildman–Crippen MR) is 35.9 cm³/mol. The number of hydrogen-bond donors (Lipinski definition) is 2. The Morgan fingerprint density at radius 1 is 1.55 bits per heavy atom. The Kier molecular flexibility index (Phi) is 1.68.